The average molecular weight is 609 g/mol. The van der Waals surface area contributed by atoms with Crippen molar-refractivity contribution >= 4 is 17.1 Å². The van der Waals surface area contributed by atoms with E-state index in [0.717, 1.165) is 57.0 Å². The lowest BCUT2D eigenvalue weighted by Gasteiger charge is -2.40. The van der Waals surface area contributed by atoms with Crippen molar-refractivity contribution in [3.05, 3.63) is 142 Å². The number of hydrogen-bond donors (Lipinski definition) is 0. The van der Waals surface area contributed by atoms with Crippen molar-refractivity contribution < 1.29 is 0 Å². The first kappa shape index (κ1) is 30.5. The number of fused-ring (bicyclic) bond motifs is 2. The van der Waals surface area contributed by atoms with Crippen LogP contribution in [0, 0.1) is 0 Å². The zero-order valence-corrected chi connectivity index (χ0v) is 28.3. The summed E-state index contributed by atoms with van der Waals surface area (Å²) in [4.78, 5) is 12.8. The summed E-state index contributed by atoms with van der Waals surface area (Å²) in [6, 6.07) is 28.4. The molecule has 236 valence electrons. The predicted molar refractivity (Wildman–Crippen MR) is 194 cm³/mol. The van der Waals surface area contributed by atoms with Crippen LogP contribution in [0.25, 0.3) is 0 Å². The van der Waals surface area contributed by atoms with Crippen LogP contribution in [0.4, 0.5) is 11.4 Å². The Morgan fingerprint density at radius 1 is 0.717 bits per heavy atom. The molecule has 3 aliphatic heterocycles. The molecule has 7 rings (SSSR count). The molecule has 3 heterocycles. The zero-order chi connectivity index (χ0) is 31.9. The molecule has 0 atom stereocenters. The second kappa shape index (κ2) is 12.2. The normalized spacial score (nSPS) is 22.6. The van der Waals surface area contributed by atoms with E-state index in [4.69, 9.17) is 4.99 Å². The van der Waals surface area contributed by atoms with Gasteiger partial charge in [0.1, 0.15) is 0 Å². The number of rotatable bonds is 6. The Balaban J connectivity index is 1.22. The highest BCUT2D eigenvalue weighted by molar-refractivity contribution is 6.08. The number of para-hydroxylation sites is 2. The van der Waals surface area contributed by atoms with Gasteiger partial charge < -0.3 is 9.80 Å². The third-order valence-electron chi connectivity index (χ3n) is 10.7. The van der Waals surface area contributed by atoms with E-state index in [1.165, 1.54) is 51.3 Å². The number of benzene rings is 3. The first-order valence-corrected chi connectivity index (χ1v) is 17.1. The van der Waals surface area contributed by atoms with E-state index in [1.807, 2.05) is 0 Å². The standard InChI is InChI=1S/C42H48N4/c1-41(2)34-18-9-11-20-36(34)43-38(41)24-22-32-16-13-17-33(23-25-39-42(3,4)35-19-10-12-21-37(35)44(39)5)40(32)46-28-26-45(27-29-46)30-31-14-7-6-8-15-31/h6-12,14-15,18-25H,13,16-17,26-30H2,1-5H3/b24-22+,33-23+,39-25+. The Kier molecular flexibility index (Phi) is 8.10. The highest BCUT2D eigenvalue weighted by atomic mass is 15.3. The maximum atomic E-state index is 5.09. The van der Waals surface area contributed by atoms with Crippen molar-refractivity contribution in [3.8, 4) is 0 Å². The fourth-order valence-corrected chi connectivity index (χ4v) is 8.03. The molecule has 0 saturated carbocycles. The maximum Gasteiger partial charge on any atom is 0.0674 e. The molecular formula is C42H48N4. The molecule has 0 spiro atoms. The largest absolute Gasteiger partial charge is 0.369 e. The lowest BCUT2D eigenvalue weighted by Crippen LogP contribution is -2.46. The first-order chi connectivity index (χ1) is 22.2. The first-order valence-electron chi connectivity index (χ1n) is 17.1. The van der Waals surface area contributed by atoms with Gasteiger partial charge in [0.15, 0.2) is 0 Å². The maximum absolute atomic E-state index is 5.09. The molecule has 0 N–H and O–H groups in total. The smallest absolute Gasteiger partial charge is 0.0674 e. The lowest BCUT2D eigenvalue weighted by molar-refractivity contribution is 0.152. The summed E-state index contributed by atoms with van der Waals surface area (Å²) in [5, 5.41) is 0. The fourth-order valence-electron chi connectivity index (χ4n) is 8.03. The van der Waals surface area contributed by atoms with E-state index in [-0.39, 0.29) is 10.8 Å². The molecule has 1 fully saturated rings. The Morgan fingerprint density at radius 3 is 2.15 bits per heavy atom. The van der Waals surface area contributed by atoms with Crippen LogP contribution in [0.2, 0.25) is 0 Å². The summed E-state index contributed by atoms with van der Waals surface area (Å²) in [5.41, 5.74) is 13.3. The summed E-state index contributed by atoms with van der Waals surface area (Å²) in [5.74, 6) is 0. The second-order valence-corrected chi connectivity index (χ2v) is 14.4. The molecule has 4 aliphatic rings. The Bertz CT molecular complexity index is 1760. The molecule has 0 unspecified atom stereocenters. The van der Waals surface area contributed by atoms with Crippen molar-refractivity contribution in [2.75, 3.05) is 38.1 Å². The van der Waals surface area contributed by atoms with Crippen molar-refractivity contribution in [2.24, 2.45) is 4.99 Å². The number of piperazine rings is 1. The van der Waals surface area contributed by atoms with Crippen LogP contribution >= 0.6 is 0 Å². The highest BCUT2D eigenvalue weighted by Crippen LogP contribution is 2.47. The summed E-state index contributed by atoms with van der Waals surface area (Å²) in [6.45, 7) is 14.6. The van der Waals surface area contributed by atoms with E-state index < -0.39 is 0 Å². The summed E-state index contributed by atoms with van der Waals surface area (Å²) in [7, 11) is 2.22. The Labute approximate surface area is 276 Å². The molecule has 0 bridgehead atoms. The van der Waals surface area contributed by atoms with E-state index in [2.05, 4.69) is 153 Å². The van der Waals surface area contributed by atoms with Crippen molar-refractivity contribution in [1.29, 1.82) is 0 Å². The van der Waals surface area contributed by atoms with Gasteiger partial charge in [-0.15, -0.1) is 0 Å². The average Bonchev–Trinajstić information content (AvgIpc) is 3.44. The van der Waals surface area contributed by atoms with Gasteiger partial charge in [-0.1, -0.05) is 107 Å². The van der Waals surface area contributed by atoms with E-state index >= 15 is 0 Å². The van der Waals surface area contributed by atoms with Gasteiger partial charge in [0.25, 0.3) is 0 Å². The monoisotopic (exact) mass is 608 g/mol. The van der Waals surface area contributed by atoms with E-state index in [0.29, 0.717) is 0 Å². The quantitative estimate of drug-likeness (QED) is 0.279. The van der Waals surface area contributed by atoms with Gasteiger partial charge in [-0.25, -0.2) is 0 Å². The van der Waals surface area contributed by atoms with Gasteiger partial charge in [0, 0.05) is 67.7 Å². The SMILES string of the molecule is CN1/C(=C/C=C2\CCCC(/C=C/C3=Nc4ccccc4C3(C)C)=C2N2CCN(Cc3ccccc3)CC2)C(C)(C)c2ccccc21. The van der Waals surface area contributed by atoms with Crippen molar-refractivity contribution in [1.82, 2.24) is 9.80 Å². The minimum Gasteiger partial charge on any atom is -0.369 e. The lowest BCUT2D eigenvalue weighted by atomic mass is 9.81. The Hall–Kier alpha value is -4.15. The molecule has 3 aromatic rings. The van der Waals surface area contributed by atoms with Crippen LogP contribution in [-0.2, 0) is 17.4 Å². The van der Waals surface area contributed by atoms with Crippen LogP contribution < -0.4 is 4.90 Å². The Morgan fingerprint density at radius 2 is 1.41 bits per heavy atom. The van der Waals surface area contributed by atoms with E-state index in [9.17, 15) is 0 Å². The minimum absolute atomic E-state index is 0.0338. The molecule has 46 heavy (non-hydrogen) atoms. The van der Waals surface area contributed by atoms with Crippen molar-refractivity contribution in [3.63, 3.8) is 0 Å². The second-order valence-electron chi connectivity index (χ2n) is 14.4. The van der Waals surface area contributed by atoms with Crippen LogP contribution in [0.5, 0.6) is 0 Å². The van der Waals surface area contributed by atoms with Crippen LogP contribution in [0.15, 0.2) is 131 Å². The topological polar surface area (TPSA) is 22.1 Å². The number of anilines is 1. The minimum atomic E-state index is -0.0950. The molecule has 1 aliphatic carbocycles. The fraction of sp³-hybridized carbons (Fsp3) is 0.357. The molecule has 4 heteroatoms. The molecule has 0 amide bonds. The van der Waals surface area contributed by atoms with Gasteiger partial charge >= 0.3 is 0 Å². The summed E-state index contributed by atoms with van der Waals surface area (Å²) >= 11 is 0. The van der Waals surface area contributed by atoms with Gasteiger partial charge in [-0.05, 0) is 71.4 Å². The van der Waals surface area contributed by atoms with Crippen molar-refractivity contribution in [2.45, 2.75) is 64.3 Å². The van der Waals surface area contributed by atoms with Gasteiger partial charge in [-0.3, -0.25) is 9.89 Å². The number of hydrogen-bond acceptors (Lipinski definition) is 4. The molecule has 4 nitrogen and oxygen atoms in total. The molecule has 0 radical (unpaired) electrons. The van der Waals surface area contributed by atoms with Crippen LogP contribution in [0.3, 0.4) is 0 Å². The predicted octanol–water partition coefficient (Wildman–Crippen LogP) is 9.10. The molecular weight excluding hydrogens is 560 g/mol. The van der Waals surface area contributed by atoms with E-state index in [1.54, 1.807) is 0 Å². The van der Waals surface area contributed by atoms with Gasteiger partial charge in [-0.2, -0.15) is 0 Å². The molecule has 1 saturated heterocycles. The third kappa shape index (κ3) is 5.58. The highest BCUT2D eigenvalue weighted by Gasteiger charge is 2.38. The van der Waals surface area contributed by atoms with Gasteiger partial charge in [0.05, 0.1) is 11.4 Å². The molecule has 3 aromatic carbocycles. The number of nitrogens with zero attached hydrogens (tertiary/aromatic N) is 4. The number of likely N-dealkylation sites (N-methyl/N-ethyl adjacent to an activating group) is 1. The zero-order valence-electron chi connectivity index (χ0n) is 28.3. The van der Waals surface area contributed by atoms with Crippen LogP contribution in [0.1, 0.15) is 63.6 Å². The van der Waals surface area contributed by atoms with Gasteiger partial charge in [0.2, 0.25) is 0 Å². The van der Waals surface area contributed by atoms with Crippen LogP contribution in [-0.4, -0.2) is 48.7 Å². The summed E-state index contributed by atoms with van der Waals surface area (Å²) < 4.78 is 0. The summed E-state index contributed by atoms with van der Waals surface area (Å²) in [6.07, 6.45) is 12.9. The molecule has 0 aromatic heterocycles. The number of allylic oxidation sites excluding steroid dienone is 7. The number of aliphatic imine (C=N–C) groups is 1. The third-order valence-corrected chi connectivity index (χ3v) is 10.7.